The first kappa shape index (κ1) is 14.5. The zero-order valence-corrected chi connectivity index (χ0v) is 12.7. The lowest BCUT2D eigenvalue weighted by molar-refractivity contribution is -0.137. The van der Waals surface area contributed by atoms with Crippen LogP contribution in [0.3, 0.4) is 0 Å². The summed E-state index contributed by atoms with van der Waals surface area (Å²) in [6.45, 7) is 2.04. The van der Waals surface area contributed by atoms with Crippen molar-refractivity contribution in [2.24, 2.45) is 0 Å². The van der Waals surface area contributed by atoms with Gasteiger partial charge in [0.15, 0.2) is 0 Å². The molecule has 0 aliphatic carbocycles. The molecule has 3 nitrogen and oxygen atoms in total. The molecule has 2 atom stereocenters. The molecule has 0 radical (unpaired) electrons. The standard InChI is InChI=1S/C19H19NO2/c1-13-8-10-14(11-9-13)16-12-20(2)19(22)18(21)17(16)15-6-4-3-5-7-15/h3-12,17-18,21H,1-2H3/t17-,18+/m0/s1. The number of benzene rings is 2. The van der Waals surface area contributed by atoms with Crippen LogP contribution in [-0.4, -0.2) is 29.1 Å². The number of carbonyl (C=O) groups excluding carboxylic acids is 1. The third-order valence-electron chi connectivity index (χ3n) is 4.13. The van der Waals surface area contributed by atoms with Crippen molar-refractivity contribution in [3.63, 3.8) is 0 Å². The van der Waals surface area contributed by atoms with Crippen molar-refractivity contribution in [1.82, 2.24) is 4.90 Å². The number of carbonyl (C=O) groups is 1. The third-order valence-corrected chi connectivity index (χ3v) is 4.13. The molecule has 112 valence electrons. The number of rotatable bonds is 2. The molecule has 0 unspecified atom stereocenters. The van der Waals surface area contributed by atoms with Gasteiger partial charge in [0.2, 0.25) is 0 Å². The molecule has 1 aliphatic rings. The molecule has 2 aromatic rings. The summed E-state index contributed by atoms with van der Waals surface area (Å²) in [6, 6.07) is 17.9. The van der Waals surface area contributed by atoms with Crippen LogP contribution in [0.4, 0.5) is 0 Å². The minimum absolute atomic E-state index is 0.273. The number of aryl methyl sites for hydroxylation is 1. The molecule has 1 N–H and O–H groups in total. The molecule has 1 amide bonds. The first-order valence-electron chi connectivity index (χ1n) is 7.36. The molecule has 1 aliphatic heterocycles. The molecular formula is C19H19NO2. The second-order valence-corrected chi connectivity index (χ2v) is 5.73. The van der Waals surface area contributed by atoms with E-state index in [0.717, 1.165) is 16.7 Å². The maximum Gasteiger partial charge on any atom is 0.256 e. The van der Waals surface area contributed by atoms with E-state index in [0.29, 0.717) is 0 Å². The van der Waals surface area contributed by atoms with E-state index < -0.39 is 6.10 Å². The van der Waals surface area contributed by atoms with Gasteiger partial charge in [-0.15, -0.1) is 0 Å². The molecule has 0 aromatic heterocycles. The fraction of sp³-hybridized carbons (Fsp3) is 0.211. The van der Waals surface area contributed by atoms with Crippen LogP contribution in [0.15, 0.2) is 60.8 Å². The number of likely N-dealkylation sites (N-methyl/N-ethyl adjacent to an activating group) is 1. The van der Waals surface area contributed by atoms with Crippen LogP contribution >= 0.6 is 0 Å². The number of nitrogens with zero attached hydrogens (tertiary/aromatic N) is 1. The van der Waals surface area contributed by atoms with E-state index >= 15 is 0 Å². The molecule has 3 rings (SSSR count). The van der Waals surface area contributed by atoms with Gasteiger partial charge >= 0.3 is 0 Å². The van der Waals surface area contributed by atoms with E-state index in [4.69, 9.17) is 0 Å². The highest BCUT2D eigenvalue weighted by Gasteiger charge is 2.36. The lowest BCUT2D eigenvalue weighted by Gasteiger charge is -2.33. The van der Waals surface area contributed by atoms with Crippen molar-refractivity contribution in [3.8, 4) is 0 Å². The average molecular weight is 293 g/mol. The fourth-order valence-electron chi connectivity index (χ4n) is 2.90. The molecule has 0 saturated carbocycles. The summed E-state index contributed by atoms with van der Waals surface area (Å²) in [4.78, 5) is 13.6. The Hall–Kier alpha value is -2.39. The summed E-state index contributed by atoms with van der Waals surface area (Å²) in [7, 11) is 1.68. The Labute approximate surface area is 130 Å². The predicted octanol–water partition coefficient (Wildman–Crippen LogP) is 2.95. The highest BCUT2D eigenvalue weighted by Crippen LogP contribution is 2.38. The monoisotopic (exact) mass is 293 g/mol. The lowest BCUT2D eigenvalue weighted by Crippen LogP contribution is -2.41. The first-order valence-corrected chi connectivity index (χ1v) is 7.36. The summed E-state index contributed by atoms with van der Waals surface area (Å²) in [6.07, 6.45) is 0.769. The van der Waals surface area contributed by atoms with Crippen molar-refractivity contribution in [3.05, 3.63) is 77.5 Å². The average Bonchev–Trinajstić information content (AvgIpc) is 2.54. The van der Waals surface area contributed by atoms with Gasteiger partial charge in [-0.3, -0.25) is 4.79 Å². The van der Waals surface area contributed by atoms with Crippen LogP contribution < -0.4 is 0 Å². The van der Waals surface area contributed by atoms with Crippen LogP contribution in [0, 0.1) is 6.92 Å². The maximum absolute atomic E-state index is 12.2. The lowest BCUT2D eigenvalue weighted by atomic mass is 9.80. The number of amides is 1. The first-order chi connectivity index (χ1) is 10.6. The van der Waals surface area contributed by atoms with Crippen molar-refractivity contribution in [2.45, 2.75) is 18.9 Å². The minimum atomic E-state index is -1.06. The van der Waals surface area contributed by atoms with E-state index in [1.54, 1.807) is 7.05 Å². The summed E-state index contributed by atoms with van der Waals surface area (Å²) in [5, 5.41) is 10.5. The van der Waals surface area contributed by atoms with Gasteiger partial charge < -0.3 is 10.0 Å². The molecule has 3 heteroatoms. The van der Waals surface area contributed by atoms with Crippen molar-refractivity contribution in [2.75, 3.05) is 7.05 Å². The smallest absolute Gasteiger partial charge is 0.256 e. The highest BCUT2D eigenvalue weighted by atomic mass is 16.3. The predicted molar refractivity (Wildman–Crippen MR) is 87.1 cm³/mol. The zero-order chi connectivity index (χ0) is 15.7. The molecule has 0 saturated heterocycles. The van der Waals surface area contributed by atoms with Crippen molar-refractivity contribution in [1.29, 1.82) is 0 Å². The van der Waals surface area contributed by atoms with Crippen LogP contribution in [0.1, 0.15) is 22.6 Å². The van der Waals surface area contributed by atoms with Crippen LogP contribution in [0.5, 0.6) is 0 Å². The zero-order valence-electron chi connectivity index (χ0n) is 12.7. The van der Waals surface area contributed by atoms with Crippen molar-refractivity contribution < 1.29 is 9.90 Å². The molecule has 0 bridgehead atoms. The molecular weight excluding hydrogens is 274 g/mol. The minimum Gasteiger partial charge on any atom is -0.382 e. The van der Waals surface area contributed by atoms with E-state index in [-0.39, 0.29) is 11.8 Å². The van der Waals surface area contributed by atoms with E-state index in [1.165, 1.54) is 10.5 Å². The Morgan fingerprint density at radius 3 is 2.27 bits per heavy atom. The highest BCUT2D eigenvalue weighted by molar-refractivity contribution is 5.91. The summed E-state index contributed by atoms with van der Waals surface area (Å²) >= 11 is 0. The van der Waals surface area contributed by atoms with Gasteiger partial charge in [0.1, 0.15) is 6.10 Å². The van der Waals surface area contributed by atoms with Gasteiger partial charge in [0, 0.05) is 19.2 Å². The normalized spacial score (nSPS) is 21.7. The van der Waals surface area contributed by atoms with Gasteiger partial charge in [-0.1, -0.05) is 60.2 Å². The Morgan fingerprint density at radius 2 is 1.64 bits per heavy atom. The molecule has 1 heterocycles. The Balaban J connectivity index is 2.12. The SMILES string of the molecule is Cc1ccc(C2=CN(C)C(=O)[C@H](O)[C@H]2c2ccccc2)cc1. The van der Waals surface area contributed by atoms with Gasteiger partial charge in [0.05, 0.1) is 0 Å². The Kier molecular flexibility index (Phi) is 3.82. The van der Waals surface area contributed by atoms with E-state index in [2.05, 4.69) is 0 Å². The molecule has 0 spiro atoms. The third kappa shape index (κ3) is 2.55. The number of hydrogen-bond acceptors (Lipinski definition) is 2. The summed E-state index contributed by atoms with van der Waals surface area (Å²) in [5.41, 5.74) is 4.11. The van der Waals surface area contributed by atoms with Crippen molar-refractivity contribution >= 4 is 11.5 Å². The molecule has 2 aromatic carbocycles. The van der Waals surface area contributed by atoms with Gasteiger partial charge in [-0.05, 0) is 23.6 Å². The second kappa shape index (κ2) is 5.78. The van der Waals surface area contributed by atoms with Gasteiger partial charge in [0.25, 0.3) is 5.91 Å². The van der Waals surface area contributed by atoms with E-state index in [1.807, 2.05) is 67.7 Å². The van der Waals surface area contributed by atoms with Crippen LogP contribution in [-0.2, 0) is 4.79 Å². The van der Waals surface area contributed by atoms with Crippen LogP contribution in [0.25, 0.3) is 5.57 Å². The topological polar surface area (TPSA) is 40.5 Å². The molecule has 22 heavy (non-hydrogen) atoms. The fourth-order valence-corrected chi connectivity index (χ4v) is 2.90. The second-order valence-electron chi connectivity index (χ2n) is 5.73. The van der Waals surface area contributed by atoms with E-state index in [9.17, 15) is 9.90 Å². The summed E-state index contributed by atoms with van der Waals surface area (Å²) < 4.78 is 0. The summed E-state index contributed by atoms with van der Waals surface area (Å²) in [5.74, 6) is -0.614. The van der Waals surface area contributed by atoms with Crippen LogP contribution in [0.2, 0.25) is 0 Å². The number of aliphatic hydroxyl groups excluding tert-OH is 1. The Morgan fingerprint density at radius 1 is 1.00 bits per heavy atom. The largest absolute Gasteiger partial charge is 0.382 e. The molecule has 0 fully saturated rings. The maximum atomic E-state index is 12.2. The van der Waals surface area contributed by atoms with Gasteiger partial charge in [-0.25, -0.2) is 0 Å². The number of aliphatic hydroxyl groups is 1. The quantitative estimate of drug-likeness (QED) is 0.925. The number of hydrogen-bond donors (Lipinski definition) is 1. The van der Waals surface area contributed by atoms with Gasteiger partial charge in [-0.2, -0.15) is 0 Å². The Bertz CT molecular complexity index is 704.